The summed E-state index contributed by atoms with van der Waals surface area (Å²) in [6.07, 6.45) is 0.904. The number of likely N-dealkylation sites (tertiary alicyclic amines) is 1. The maximum atomic E-state index is 12.2. The standard InChI is InChI=1S/C14H17N3O2.ClH/c18-13-11-6-10(7-15-8-11)9-17(13)14(19)16-12-4-2-1-3-5-12;/h1-5,10-11,15H,6-9H2,(H,16,19);1H. The largest absolute Gasteiger partial charge is 0.328 e. The molecule has 0 spiro atoms. The zero-order valence-electron chi connectivity index (χ0n) is 11.0. The van der Waals surface area contributed by atoms with E-state index in [9.17, 15) is 9.59 Å². The van der Waals surface area contributed by atoms with Gasteiger partial charge in [-0.2, -0.15) is 0 Å². The molecule has 108 valence electrons. The molecule has 2 N–H and O–H groups in total. The van der Waals surface area contributed by atoms with E-state index < -0.39 is 0 Å². The SMILES string of the molecule is Cl.O=C(Nc1ccccc1)N1CC2CNCC(C2)C1=O. The van der Waals surface area contributed by atoms with Crippen molar-refractivity contribution in [1.29, 1.82) is 0 Å². The maximum absolute atomic E-state index is 12.2. The fourth-order valence-electron chi connectivity index (χ4n) is 2.82. The van der Waals surface area contributed by atoms with Crippen LogP contribution >= 0.6 is 12.4 Å². The van der Waals surface area contributed by atoms with Gasteiger partial charge in [0.2, 0.25) is 5.91 Å². The minimum atomic E-state index is -0.312. The second kappa shape index (κ2) is 6.24. The molecule has 5 nitrogen and oxygen atoms in total. The van der Waals surface area contributed by atoms with Crippen LogP contribution < -0.4 is 10.6 Å². The lowest BCUT2D eigenvalue weighted by Crippen LogP contribution is -2.57. The van der Waals surface area contributed by atoms with Gasteiger partial charge in [0.15, 0.2) is 0 Å². The average molecular weight is 296 g/mol. The summed E-state index contributed by atoms with van der Waals surface area (Å²) >= 11 is 0. The van der Waals surface area contributed by atoms with E-state index in [2.05, 4.69) is 10.6 Å². The molecule has 0 saturated carbocycles. The molecule has 2 atom stereocenters. The molecular weight excluding hydrogens is 278 g/mol. The highest BCUT2D eigenvalue weighted by Crippen LogP contribution is 2.26. The van der Waals surface area contributed by atoms with E-state index in [1.54, 1.807) is 0 Å². The third-order valence-electron chi connectivity index (χ3n) is 3.77. The van der Waals surface area contributed by atoms with Crippen molar-refractivity contribution in [2.24, 2.45) is 11.8 Å². The number of hydrogen-bond donors (Lipinski definition) is 2. The molecule has 1 aromatic rings. The van der Waals surface area contributed by atoms with Crippen LogP contribution in [0.1, 0.15) is 6.42 Å². The number of amides is 3. The Morgan fingerprint density at radius 1 is 1.25 bits per heavy atom. The molecule has 6 heteroatoms. The number of fused-ring (bicyclic) bond motifs is 2. The van der Waals surface area contributed by atoms with Crippen molar-refractivity contribution in [2.75, 3.05) is 25.0 Å². The van der Waals surface area contributed by atoms with Crippen LogP contribution in [0.3, 0.4) is 0 Å². The van der Waals surface area contributed by atoms with Gasteiger partial charge in [-0.1, -0.05) is 18.2 Å². The van der Waals surface area contributed by atoms with Crippen LogP contribution in [-0.2, 0) is 4.79 Å². The van der Waals surface area contributed by atoms with E-state index >= 15 is 0 Å². The number of carbonyl (C=O) groups is 2. The molecule has 0 aromatic heterocycles. The molecule has 2 aliphatic heterocycles. The van der Waals surface area contributed by atoms with E-state index in [4.69, 9.17) is 0 Å². The van der Waals surface area contributed by atoms with Crippen LogP contribution in [-0.4, -0.2) is 36.5 Å². The van der Waals surface area contributed by atoms with Crippen molar-refractivity contribution in [3.63, 3.8) is 0 Å². The molecule has 2 unspecified atom stereocenters. The minimum Gasteiger partial charge on any atom is -0.316 e. The number of urea groups is 1. The second-order valence-corrected chi connectivity index (χ2v) is 5.20. The van der Waals surface area contributed by atoms with Gasteiger partial charge in [-0.25, -0.2) is 4.79 Å². The fourth-order valence-corrected chi connectivity index (χ4v) is 2.82. The molecule has 0 radical (unpaired) electrons. The highest BCUT2D eigenvalue weighted by Gasteiger charge is 2.39. The van der Waals surface area contributed by atoms with Crippen molar-refractivity contribution in [3.8, 4) is 0 Å². The molecule has 2 bridgehead atoms. The molecule has 3 rings (SSSR count). The zero-order chi connectivity index (χ0) is 13.2. The zero-order valence-corrected chi connectivity index (χ0v) is 11.9. The van der Waals surface area contributed by atoms with Crippen molar-refractivity contribution in [2.45, 2.75) is 6.42 Å². The summed E-state index contributed by atoms with van der Waals surface area (Å²) in [5.41, 5.74) is 0.717. The van der Waals surface area contributed by atoms with Crippen LogP contribution in [0, 0.1) is 11.8 Å². The highest BCUT2D eigenvalue weighted by atomic mass is 35.5. The first-order chi connectivity index (χ1) is 9.24. The number of nitrogens with one attached hydrogen (secondary N) is 2. The quantitative estimate of drug-likeness (QED) is 0.829. The van der Waals surface area contributed by atoms with E-state index in [-0.39, 0.29) is 30.3 Å². The van der Waals surface area contributed by atoms with Crippen molar-refractivity contribution >= 4 is 30.0 Å². The number of piperidine rings is 2. The van der Waals surface area contributed by atoms with Crippen molar-refractivity contribution < 1.29 is 9.59 Å². The van der Waals surface area contributed by atoms with Gasteiger partial charge in [0.1, 0.15) is 0 Å². The summed E-state index contributed by atoms with van der Waals surface area (Å²) in [6, 6.07) is 8.91. The van der Waals surface area contributed by atoms with Crippen LogP contribution in [0.2, 0.25) is 0 Å². The monoisotopic (exact) mass is 295 g/mol. The van der Waals surface area contributed by atoms with Gasteiger partial charge in [-0.3, -0.25) is 9.69 Å². The van der Waals surface area contributed by atoms with Crippen LogP contribution in [0.25, 0.3) is 0 Å². The Balaban J connectivity index is 0.00000147. The first-order valence-electron chi connectivity index (χ1n) is 6.62. The number of hydrogen-bond acceptors (Lipinski definition) is 3. The van der Waals surface area contributed by atoms with Gasteiger partial charge < -0.3 is 10.6 Å². The third kappa shape index (κ3) is 2.94. The summed E-state index contributed by atoms with van der Waals surface area (Å²) < 4.78 is 0. The fraction of sp³-hybridized carbons (Fsp3) is 0.429. The predicted molar refractivity (Wildman–Crippen MR) is 78.9 cm³/mol. The molecule has 2 aliphatic rings. The topological polar surface area (TPSA) is 61.4 Å². The Kier molecular flexibility index (Phi) is 4.62. The molecule has 1 aromatic carbocycles. The van der Waals surface area contributed by atoms with Gasteiger partial charge >= 0.3 is 6.03 Å². The normalized spacial score (nSPS) is 24.8. The summed E-state index contributed by atoms with van der Waals surface area (Å²) in [4.78, 5) is 25.7. The number of para-hydroxylation sites is 1. The minimum absolute atomic E-state index is 0. The van der Waals surface area contributed by atoms with Crippen molar-refractivity contribution in [1.82, 2.24) is 10.2 Å². The lowest BCUT2D eigenvalue weighted by molar-refractivity contribution is -0.137. The number of halogens is 1. The summed E-state index contributed by atoms with van der Waals surface area (Å²) in [6.45, 7) is 2.09. The van der Waals surface area contributed by atoms with E-state index in [1.807, 2.05) is 30.3 Å². The number of anilines is 1. The number of rotatable bonds is 1. The van der Waals surface area contributed by atoms with Crippen LogP contribution in [0.4, 0.5) is 10.5 Å². The molecule has 2 heterocycles. The molecular formula is C14H18ClN3O2. The highest BCUT2D eigenvalue weighted by molar-refractivity contribution is 6.02. The van der Waals surface area contributed by atoms with Crippen LogP contribution in [0.5, 0.6) is 0 Å². The van der Waals surface area contributed by atoms with E-state index in [0.717, 1.165) is 13.0 Å². The Morgan fingerprint density at radius 2 is 2.00 bits per heavy atom. The third-order valence-corrected chi connectivity index (χ3v) is 3.77. The van der Waals surface area contributed by atoms with Gasteiger partial charge in [0.05, 0.1) is 5.92 Å². The lowest BCUT2D eigenvalue weighted by atomic mass is 9.85. The molecule has 0 aliphatic carbocycles. The summed E-state index contributed by atoms with van der Waals surface area (Å²) in [5.74, 6) is 0.281. The first-order valence-corrected chi connectivity index (χ1v) is 6.62. The lowest BCUT2D eigenvalue weighted by Gasteiger charge is -2.39. The van der Waals surface area contributed by atoms with Gasteiger partial charge in [-0.05, 0) is 31.0 Å². The smallest absolute Gasteiger partial charge is 0.316 e. The number of carbonyl (C=O) groups excluding carboxylic acids is 2. The Morgan fingerprint density at radius 3 is 2.75 bits per heavy atom. The molecule has 3 amide bonds. The molecule has 2 fully saturated rings. The van der Waals surface area contributed by atoms with Crippen molar-refractivity contribution in [3.05, 3.63) is 30.3 Å². The maximum Gasteiger partial charge on any atom is 0.328 e. The van der Waals surface area contributed by atoms with Crippen LogP contribution in [0.15, 0.2) is 30.3 Å². The first kappa shape index (κ1) is 14.8. The van der Waals surface area contributed by atoms with Gasteiger partial charge in [0.25, 0.3) is 0 Å². The number of imide groups is 1. The van der Waals surface area contributed by atoms with Gasteiger partial charge in [-0.15, -0.1) is 12.4 Å². The number of benzene rings is 1. The Bertz CT molecular complexity index is 494. The average Bonchev–Trinajstić information content (AvgIpc) is 2.44. The van der Waals surface area contributed by atoms with E-state index in [1.165, 1.54) is 4.90 Å². The predicted octanol–water partition coefficient (Wildman–Crippen LogP) is 1.71. The summed E-state index contributed by atoms with van der Waals surface area (Å²) in [7, 11) is 0. The second-order valence-electron chi connectivity index (χ2n) is 5.20. The molecule has 2 saturated heterocycles. The Labute approximate surface area is 124 Å². The summed E-state index contributed by atoms with van der Waals surface area (Å²) in [5, 5.41) is 6.02. The Hall–Kier alpha value is -1.59. The van der Waals surface area contributed by atoms with Gasteiger partial charge in [0, 0.05) is 18.8 Å². The molecule has 20 heavy (non-hydrogen) atoms. The number of nitrogens with zero attached hydrogens (tertiary/aromatic N) is 1. The van der Waals surface area contributed by atoms with E-state index in [0.29, 0.717) is 24.7 Å².